The Morgan fingerprint density at radius 1 is 1.10 bits per heavy atom. The van der Waals surface area contributed by atoms with Crippen LogP contribution in [0.1, 0.15) is 58.3 Å². The van der Waals surface area contributed by atoms with E-state index < -0.39 is 0 Å². The van der Waals surface area contributed by atoms with Gasteiger partial charge in [-0.3, -0.25) is 4.79 Å². The van der Waals surface area contributed by atoms with E-state index in [-0.39, 0.29) is 0 Å². The minimum Gasteiger partial charge on any atom is -0.348 e. The van der Waals surface area contributed by atoms with Crippen LogP contribution in [0.5, 0.6) is 0 Å². The Kier molecular flexibility index (Phi) is 3.52. The minimum atomic E-state index is 0.301. The number of hydrogen-bond donors (Lipinski definition) is 2. The first-order chi connectivity index (χ1) is 10.1. The smallest absolute Gasteiger partial charge is 0.275 e. The van der Waals surface area contributed by atoms with Crippen molar-refractivity contribution < 1.29 is 9.69 Å². The van der Waals surface area contributed by atoms with Gasteiger partial charge in [0, 0.05) is 18.9 Å². The maximum absolute atomic E-state index is 12.4. The van der Waals surface area contributed by atoms with Gasteiger partial charge in [-0.1, -0.05) is 0 Å². The zero-order valence-electron chi connectivity index (χ0n) is 13.5. The molecule has 0 aromatic heterocycles. The molecule has 5 aliphatic rings. The molecule has 4 saturated carbocycles. The van der Waals surface area contributed by atoms with E-state index in [0.29, 0.717) is 23.9 Å². The first-order valence-electron chi connectivity index (χ1n) is 9.26. The molecule has 1 heterocycles. The highest BCUT2D eigenvalue weighted by Gasteiger charge is 2.53. The molecule has 1 saturated heterocycles. The highest BCUT2D eigenvalue weighted by molar-refractivity contribution is 5.77. The van der Waals surface area contributed by atoms with Crippen LogP contribution in [0, 0.1) is 23.2 Å². The summed E-state index contributed by atoms with van der Waals surface area (Å²) in [5.41, 5.74) is 0.449. The van der Waals surface area contributed by atoms with Crippen molar-refractivity contribution in [3.05, 3.63) is 0 Å². The number of quaternary nitrogens is 1. The highest BCUT2D eigenvalue weighted by atomic mass is 16.2. The molecule has 2 N–H and O–H groups in total. The molecule has 4 bridgehead atoms. The fraction of sp³-hybridized carbons (Fsp3) is 0.944. The van der Waals surface area contributed by atoms with Gasteiger partial charge in [0.25, 0.3) is 5.91 Å². The van der Waals surface area contributed by atoms with Gasteiger partial charge in [0.2, 0.25) is 0 Å². The molecule has 1 aliphatic heterocycles. The summed E-state index contributed by atoms with van der Waals surface area (Å²) in [4.78, 5) is 13.9. The summed E-state index contributed by atoms with van der Waals surface area (Å²) < 4.78 is 0. The van der Waals surface area contributed by atoms with Crippen molar-refractivity contribution in [2.45, 2.75) is 64.3 Å². The Hall–Kier alpha value is -0.570. The standard InChI is InChI=1S/C18H30N2O/c1-13(19-17(21)12-20-4-2-3-5-20)18-9-14-6-15(10-18)8-16(7-14)11-18/h13-16H,2-12H2,1H3,(H,19,21)/p+1/t13-,14?,15?,16?,18?/m1/s1. The van der Waals surface area contributed by atoms with Crippen LogP contribution in [0.25, 0.3) is 0 Å². The lowest BCUT2D eigenvalue weighted by Crippen LogP contribution is -3.11. The van der Waals surface area contributed by atoms with E-state index in [1.165, 1.54) is 69.4 Å². The molecule has 1 amide bonds. The topological polar surface area (TPSA) is 33.5 Å². The Morgan fingerprint density at radius 2 is 1.62 bits per heavy atom. The predicted molar refractivity (Wildman–Crippen MR) is 83.0 cm³/mol. The molecule has 0 aromatic rings. The minimum absolute atomic E-state index is 0.301. The number of rotatable bonds is 4. The van der Waals surface area contributed by atoms with Gasteiger partial charge in [-0.05, 0) is 68.6 Å². The van der Waals surface area contributed by atoms with E-state index in [1.807, 2.05) is 0 Å². The first-order valence-corrected chi connectivity index (χ1v) is 9.26. The Morgan fingerprint density at radius 3 is 2.14 bits per heavy atom. The highest BCUT2D eigenvalue weighted by Crippen LogP contribution is 2.61. The van der Waals surface area contributed by atoms with Crippen molar-refractivity contribution in [3.8, 4) is 0 Å². The van der Waals surface area contributed by atoms with E-state index in [2.05, 4.69) is 12.2 Å². The largest absolute Gasteiger partial charge is 0.348 e. The molecular formula is C18H31N2O+. The van der Waals surface area contributed by atoms with Gasteiger partial charge in [-0.15, -0.1) is 0 Å². The van der Waals surface area contributed by atoms with Gasteiger partial charge in [0.15, 0.2) is 6.54 Å². The average Bonchev–Trinajstić information content (AvgIpc) is 2.89. The SMILES string of the molecule is C[C@@H](NC(=O)C[NH+]1CCCC1)C12CC3CC(CC(C3)C1)C2. The maximum Gasteiger partial charge on any atom is 0.275 e. The second kappa shape index (κ2) is 5.26. The van der Waals surface area contributed by atoms with Gasteiger partial charge in [0.05, 0.1) is 13.1 Å². The van der Waals surface area contributed by atoms with Gasteiger partial charge >= 0.3 is 0 Å². The molecule has 21 heavy (non-hydrogen) atoms. The predicted octanol–water partition coefficient (Wildman–Crippen LogP) is 1.39. The zero-order valence-corrected chi connectivity index (χ0v) is 13.5. The summed E-state index contributed by atoms with van der Waals surface area (Å²) in [5.74, 6) is 3.22. The molecule has 3 heteroatoms. The van der Waals surface area contributed by atoms with Crippen molar-refractivity contribution in [1.82, 2.24) is 5.32 Å². The Labute approximate surface area is 128 Å². The monoisotopic (exact) mass is 291 g/mol. The zero-order chi connectivity index (χ0) is 14.4. The Bertz CT molecular complexity index is 378. The quantitative estimate of drug-likeness (QED) is 0.806. The van der Waals surface area contributed by atoms with Crippen LogP contribution in [-0.4, -0.2) is 31.6 Å². The number of nitrogens with one attached hydrogen (secondary N) is 2. The van der Waals surface area contributed by atoms with Crippen LogP contribution in [0.15, 0.2) is 0 Å². The third-order valence-corrected chi connectivity index (χ3v) is 7.10. The van der Waals surface area contributed by atoms with E-state index in [1.54, 1.807) is 0 Å². The van der Waals surface area contributed by atoms with Gasteiger partial charge < -0.3 is 10.2 Å². The summed E-state index contributed by atoms with van der Waals surface area (Å²) in [5, 5.41) is 3.40. The van der Waals surface area contributed by atoms with Crippen LogP contribution < -0.4 is 10.2 Å². The molecule has 4 aliphatic carbocycles. The van der Waals surface area contributed by atoms with Gasteiger partial charge in [0.1, 0.15) is 0 Å². The molecule has 0 aromatic carbocycles. The number of amides is 1. The summed E-state index contributed by atoms with van der Waals surface area (Å²) in [7, 11) is 0. The lowest BCUT2D eigenvalue weighted by Gasteiger charge is -2.59. The number of hydrogen-bond acceptors (Lipinski definition) is 1. The third kappa shape index (κ3) is 2.62. The van der Waals surface area contributed by atoms with Crippen molar-refractivity contribution in [2.24, 2.45) is 23.2 Å². The lowest BCUT2D eigenvalue weighted by molar-refractivity contribution is -0.879. The molecule has 1 atom stereocenters. The van der Waals surface area contributed by atoms with Crippen LogP contribution >= 0.6 is 0 Å². The molecule has 118 valence electrons. The van der Waals surface area contributed by atoms with E-state index >= 15 is 0 Å². The van der Waals surface area contributed by atoms with E-state index in [0.717, 1.165) is 17.8 Å². The van der Waals surface area contributed by atoms with Crippen molar-refractivity contribution in [3.63, 3.8) is 0 Å². The lowest BCUT2D eigenvalue weighted by atomic mass is 9.48. The second-order valence-corrected chi connectivity index (χ2v) is 8.70. The van der Waals surface area contributed by atoms with Crippen molar-refractivity contribution in [2.75, 3.05) is 19.6 Å². The fourth-order valence-corrected chi connectivity index (χ4v) is 6.43. The molecule has 0 unspecified atom stereocenters. The van der Waals surface area contributed by atoms with E-state index in [9.17, 15) is 4.79 Å². The maximum atomic E-state index is 12.4. The van der Waals surface area contributed by atoms with Crippen LogP contribution in [0.3, 0.4) is 0 Å². The molecular weight excluding hydrogens is 260 g/mol. The number of carbonyl (C=O) groups excluding carboxylic acids is 1. The second-order valence-electron chi connectivity index (χ2n) is 8.70. The molecule has 0 spiro atoms. The van der Waals surface area contributed by atoms with Crippen molar-refractivity contribution in [1.29, 1.82) is 0 Å². The fourth-order valence-electron chi connectivity index (χ4n) is 6.43. The summed E-state index contributed by atoms with van der Waals surface area (Å²) in [6.07, 6.45) is 11.2. The van der Waals surface area contributed by atoms with E-state index in [4.69, 9.17) is 0 Å². The van der Waals surface area contributed by atoms with Crippen molar-refractivity contribution >= 4 is 5.91 Å². The van der Waals surface area contributed by atoms with Crippen LogP contribution in [-0.2, 0) is 4.79 Å². The molecule has 5 fully saturated rings. The molecule has 0 radical (unpaired) electrons. The molecule has 5 rings (SSSR count). The summed E-state index contributed by atoms with van der Waals surface area (Å²) in [6, 6.07) is 0.389. The first kappa shape index (κ1) is 14.0. The average molecular weight is 291 g/mol. The number of likely N-dealkylation sites (tertiary alicyclic amines) is 1. The van der Waals surface area contributed by atoms with Gasteiger partial charge in [-0.2, -0.15) is 0 Å². The number of carbonyl (C=O) groups is 1. The Balaban J connectivity index is 1.38. The van der Waals surface area contributed by atoms with Crippen LogP contribution in [0.2, 0.25) is 0 Å². The van der Waals surface area contributed by atoms with Gasteiger partial charge in [-0.25, -0.2) is 0 Å². The normalized spacial score (nSPS) is 43.2. The third-order valence-electron chi connectivity index (χ3n) is 7.10. The summed E-state index contributed by atoms with van der Waals surface area (Å²) >= 11 is 0. The summed E-state index contributed by atoms with van der Waals surface area (Å²) in [6.45, 7) is 5.39. The van der Waals surface area contributed by atoms with Crippen LogP contribution in [0.4, 0.5) is 0 Å². The molecule has 3 nitrogen and oxygen atoms in total.